The van der Waals surface area contributed by atoms with Crippen LogP contribution in [0.3, 0.4) is 0 Å². The first-order chi connectivity index (χ1) is 32.1. The molecule has 0 bridgehead atoms. The van der Waals surface area contributed by atoms with E-state index in [0.29, 0.717) is 29.6 Å². The zero-order valence-corrected chi connectivity index (χ0v) is 46.9. The number of nitrogens with one attached hydrogen (secondary N) is 2. The van der Waals surface area contributed by atoms with E-state index in [4.69, 9.17) is 14.9 Å². The van der Waals surface area contributed by atoms with Crippen LogP contribution in [-0.2, 0) is 30.4 Å². The fourth-order valence-electron chi connectivity index (χ4n) is 6.53. The largest absolute Gasteiger partial charge is 1.00 e. The molecule has 356 valence electrons. The van der Waals surface area contributed by atoms with Gasteiger partial charge in [0.25, 0.3) is 0 Å². The third-order valence-electron chi connectivity index (χ3n) is 9.81. The second-order valence-electron chi connectivity index (χ2n) is 14.5. The smallest absolute Gasteiger partial charge is 0.744 e. The third-order valence-corrected chi connectivity index (χ3v) is 12.3. The van der Waals surface area contributed by atoms with Crippen molar-refractivity contribution in [3.05, 3.63) is 109 Å². The molecule has 0 atom stereocenters. The van der Waals surface area contributed by atoms with Crippen molar-refractivity contribution in [3.8, 4) is 17.2 Å². The van der Waals surface area contributed by atoms with Crippen molar-refractivity contribution >= 4 is 103 Å². The Morgan fingerprint density at radius 2 is 1.07 bits per heavy atom. The second-order valence-corrected chi connectivity index (χ2v) is 18.5. The van der Waals surface area contributed by atoms with Gasteiger partial charge in [0.15, 0.2) is 11.5 Å². The summed E-state index contributed by atoms with van der Waals surface area (Å²) in [6, 6.07) is 23.2. The first-order valence-electron chi connectivity index (χ1n) is 19.6. The molecule has 6 N–H and O–H groups in total. The van der Waals surface area contributed by atoms with Crippen LogP contribution in [0.2, 0.25) is 0 Å². The summed E-state index contributed by atoms with van der Waals surface area (Å²) in [5.41, 5.74) is -0.836. The minimum Gasteiger partial charge on any atom is -0.744 e. The number of phenols is 2. The third kappa shape index (κ3) is 15.7. The van der Waals surface area contributed by atoms with Crippen LogP contribution >= 0.6 is 0 Å². The predicted molar refractivity (Wildman–Crippen MR) is 245 cm³/mol. The minimum absolute atomic E-state index is 0. The number of carbonyl (C=O) groups excluding carboxylic acids is 1. The molecular formula is C43H38N7Na3O15S3. The van der Waals surface area contributed by atoms with Gasteiger partial charge in [-0.2, -0.15) is 5.11 Å². The average molecular weight is 1060 g/mol. The molecule has 0 aliphatic carbocycles. The molecule has 2 amide bonds. The van der Waals surface area contributed by atoms with Gasteiger partial charge in [-0.1, -0.05) is 24.3 Å². The number of methoxy groups -OCH3 is 1. The number of nitrogens with zero attached hydrogens (tertiary/aromatic N) is 5. The summed E-state index contributed by atoms with van der Waals surface area (Å²) >= 11 is 0. The number of rotatable bonds is 14. The Hall–Kier alpha value is -4.20. The first-order valence-corrected chi connectivity index (χ1v) is 23.8. The Bertz CT molecular complexity index is 3490. The Kier molecular flexibility index (Phi) is 22.5. The molecule has 0 unspecified atom stereocenters. The van der Waals surface area contributed by atoms with Crippen LogP contribution in [0.4, 0.5) is 38.9 Å². The van der Waals surface area contributed by atoms with E-state index in [1.165, 1.54) is 73.8 Å². The quantitative estimate of drug-likeness (QED) is 0.0378. The number of aromatic hydroxyl groups is 2. The number of amides is 2. The molecule has 7 rings (SSSR count). The summed E-state index contributed by atoms with van der Waals surface area (Å²) in [4.78, 5) is 12.7. The van der Waals surface area contributed by atoms with E-state index in [0.717, 1.165) is 24.3 Å². The fourth-order valence-corrected chi connectivity index (χ4v) is 8.33. The summed E-state index contributed by atoms with van der Waals surface area (Å²) in [5.74, 6) is -1.11. The van der Waals surface area contributed by atoms with Crippen LogP contribution in [0.25, 0.3) is 32.3 Å². The Morgan fingerprint density at radius 1 is 0.592 bits per heavy atom. The minimum atomic E-state index is -5.28. The number of hydrogen-bond donors (Lipinski definition) is 6. The second kappa shape index (κ2) is 26.1. The molecule has 0 radical (unpaired) electrons. The molecule has 0 fully saturated rings. The van der Waals surface area contributed by atoms with Gasteiger partial charge in [-0.3, -0.25) is 0 Å². The Morgan fingerprint density at radius 3 is 1.55 bits per heavy atom. The van der Waals surface area contributed by atoms with Gasteiger partial charge in [0.1, 0.15) is 53.2 Å². The van der Waals surface area contributed by atoms with Crippen LogP contribution in [0.1, 0.15) is 0 Å². The zero-order chi connectivity index (χ0) is 49.6. The number of aliphatic hydroxyl groups excluding tert-OH is 2. The van der Waals surface area contributed by atoms with Crippen molar-refractivity contribution in [3.63, 3.8) is 0 Å². The molecule has 71 heavy (non-hydrogen) atoms. The number of fused-ring (bicyclic) bond motifs is 3. The summed E-state index contributed by atoms with van der Waals surface area (Å²) in [6.07, 6.45) is 0. The van der Waals surface area contributed by atoms with Gasteiger partial charge in [0.05, 0.1) is 40.7 Å². The van der Waals surface area contributed by atoms with Crippen LogP contribution in [-0.4, -0.2) is 111 Å². The number of urea groups is 1. The zero-order valence-electron chi connectivity index (χ0n) is 38.5. The SMILES string of the molecule is CN(CCO)CCO.COc1ccccc1N=Nc1c(S(=O)(=O)[O-])cc2cc(NC(=O)Nc3ccc4c(O)c(N=Nc5ccc6cc(S(=O)(=O)[O-])ccc6c5)c(S(=O)(=O)[O-])cc4c3)ccc2c1O.[Na+].[Na+].[Na+]. The molecule has 7 aromatic rings. The van der Waals surface area contributed by atoms with E-state index < -0.39 is 73.9 Å². The molecule has 0 saturated heterocycles. The van der Waals surface area contributed by atoms with Gasteiger partial charge in [0.2, 0.25) is 0 Å². The van der Waals surface area contributed by atoms with Gasteiger partial charge in [-0.15, -0.1) is 15.3 Å². The summed E-state index contributed by atoms with van der Waals surface area (Å²) in [7, 11) is -12.0. The van der Waals surface area contributed by atoms with Crippen molar-refractivity contribution in [2.24, 2.45) is 20.5 Å². The van der Waals surface area contributed by atoms with E-state index >= 15 is 0 Å². The van der Waals surface area contributed by atoms with Crippen LogP contribution in [0.5, 0.6) is 17.2 Å². The maximum absolute atomic E-state index is 13.1. The number of likely N-dealkylation sites (N-methyl/N-ethyl adjacent to an activating group) is 1. The number of anilines is 2. The first kappa shape index (κ1) is 61.1. The van der Waals surface area contributed by atoms with Gasteiger partial charge in [-0.25, -0.2) is 30.0 Å². The standard InChI is InChI=1S/C38H28N6O13S3.C5H13NO2.3Na/c1-57-31-5-3-2-4-30(31)42-44-35-33(60(54,55)56)19-23-16-25(10-13-29(23)37(35)46)40-38(47)39-24-9-12-28-22(15-24)18-32(59(51,52)53)34(36(28)45)43-41-26-8-6-21-17-27(58(48,49)50)11-7-20(21)14-26;1-6(2-4-7)3-5-8;;;/h2-19,45-46H,1H3,(H2,39,40,47)(H,48,49,50)(H,51,52,53)(H,54,55,56);7-8H,2-5H2,1H3;;;/q;;3*+1/p-3. The number of hydrogen-bond acceptors (Lipinski definition) is 20. The Balaban J connectivity index is 0.00000112. The molecule has 0 saturated carbocycles. The monoisotopic (exact) mass is 1060 g/mol. The molecule has 0 spiro atoms. The molecule has 28 heteroatoms. The fraction of sp³-hybridized carbons (Fsp3) is 0.140. The molecule has 0 heterocycles. The number of ether oxygens (including phenoxy) is 1. The van der Waals surface area contributed by atoms with Gasteiger partial charge in [-0.05, 0) is 114 Å². The van der Waals surface area contributed by atoms with Gasteiger partial charge < -0.3 is 54.4 Å². The predicted octanol–water partition coefficient (Wildman–Crippen LogP) is -2.33. The number of azo groups is 2. The topological polar surface area (TPSA) is 356 Å². The maximum atomic E-state index is 13.1. The summed E-state index contributed by atoms with van der Waals surface area (Å²) in [6.45, 7) is 1.61. The van der Waals surface area contributed by atoms with Crippen molar-refractivity contribution in [1.29, 1.82) is 0 Å². The molecule has 0 aromatic heterocycles. The van der Waals surface area contributed by atoms with Crippen molar-refractivity contribution in [2.75, 3.05) is 51.1 Å². The maximum Gasteiger partial charge on any atom is 1.00 e. The Labute approximate surface area is 473 Å². The van der Waals surface area contributed by atoms with E-state index in [-0.39, 0.29) is 146 Å². The summed E-state index contributed by atoms with van der Waals surface area (Å²) in [5, 5.41) is 60.3. The number of carbonyl (C=O) groups is 1. The van der Waals surface area contributed by atoms with Gasteiger partial charge >= 0.3 is 94.7 Å². The van der Waals surface area contributed by atoms with Crippen LogP contribution < -0.4 is 104 Å². The molecule has 7 aromatic carbocycles. The van der Waals surface area contributed by atoms with Crippen molar-refractivity contribution in [1.82, 2.24) is 4.90 Å². The molecule has 0 aliphatic heterocycles. The van der Waals surface area contributed by atoms with E-state index in [9.17, 15) is 53.9 Å². The van der Waals surface area contributed by atoms with Crippen molar-refractivity contribution < 1.29 is 158 Å². The van der Waals surface area contributed by atoms with Crippen LogP contribution in [0.15, 0.2) is 144 Å². The molecule has 22 nitrogen and oxygen atoms in total. The van der Waals surface area contributed by atoms with E-state index in [2.05, 4.69) is 31.1 Å². The number of aliphatic hydroxyl groups is 2. The number of para-hydroxylation sites is 1. The van der Waals surface area contributed by atoms with E-state index in [1.54, 1.807) is 18.2 Å². The molecule has 0 aliphatic rings. The average Bonchev–Trinajstić information content (AvgIpc) is 3.27. The van der Waals surface area contributed by atoms with Crippen molar-refractivity contribution in [2.45, 2.75) is 14.7 Å². The molecular weight excluding hydrogens is 1020 g/mol. The van der Waals surface area contributed by atoms with Crippen LogP contribution in [0, 0.1) is 0 Å². The van der Waals surface area contributed by atoms with Gasteiger partial charge in [0, 0.05) is 35.2 Å². The normalized spacial score (nSPS) is 11.7. The number of phenolic OH excluding ortho intramolecular Hbond substituents is 2. The van der Waals surface area contributed by atoms with E-state index in [1.807, 2.05) is 11.9 Å². The summed E-state index contributed by atoms with van der Waals surface area (Å²) < 4.78 is 113. The number of benzene rings is 7.